The Balaban J connectivity index is 1.93. The van der Waals surface area contributed by atoms with Gasteiger partial charge in [0.15, 0.2) is 5.16 Å². The molecule has 72 valence electrons. The van der Waals surface area contributed by atoms with Crippen molar-refractivity contribution in [1.82, 2.24) is 9.97 Å². The molecule has 1 aromatic rings. The van der Waals surface area contributed by atoms with Crippen LogP contribution in [0.2, 0.25) is 0 Å². The van der Waals surface area contributed by atoms with Crippen molar-refractivity contribution >= 4 is 11.8 Å². The summed E-state index contributed by atoms with van der Waals surface area (Å²) in [5.41, 5.74) is 0. The number of aromatic amines is 1. The lowest BCUT2D eigenvalue weighted by atomic mass is 9.97. The lowest BCUT2D eigenvalue weighted by molar-refractivity contribution is 0.137. The van der Waals surface area contributed by atoms with E-state index in [9.17, 15) is 5.11 Å². The molecule has 4 heteroatoms. The van der Waals surface area contributed by atoms with Crippen LogP contribution in [0.3, 0.4) is 0 Å². The minimum atomic E-state index is -0.149. The van der Waals surface area contributed by atoms with Gasteiger partial charge in [0, 0.05) is 17.6 Å². The van der Waals surface area contributed by atoms with Crippen LogP contribution in [-0.4, -0.2) is 26.4 Å². The number of aromatic nitrogens is 2. The fourth-order valence-corrected chi connectivity index (χ4v) is 2.80. The quantitative estimate of drug-likeness (QED) is 0.762. The van der Waals surface area contributed by atoms with Crippen LogP contribution in [-0.2, 0) is 0 Å². The van der Waals surface area contributed by atoms with Crippen molar-refractivity contribution in [2.45, 2.75) is 42.2 Å². The zero-order chi connectivity index (χ0) is 9.10. The second kappa shape index (κ2) is 4.15. The van der Waals surface area contributed by atoms with Gasteiger partial charge < -0.3 is 10.1 Å². The highest BCUT2D eigenvalue weighted by Gasteiger charge is 2.24. The fraction of sp³-hybridized carbons (Fsp3) is 0.667. The Bertz CT molecular complexity index is 250. The molecule has 0 radical (unpaired) electrons. The monoisotopic (exact) mass is 198 g/mol. The summed E-state index contributed by atoms with van der Waals surface area (Å²) in [4.78, 5) is 7.19. The molecule has 1 aromatic heterocycles. The van der Waals surface area contributed by atoms with Gasteiger partial charge in [-0.25, -0.2) is 4.98 Å². The number of imidazole rings is 1. The van der Waals surface area contributed by atoms with Crippen LogP contribution in [0.5, 0.6) is 0 Å². The Morgan fingerprint density at radius 2 is 2.31 bits per heavy atom. The van der Waals surface area contributed by atoms with Crippen LogP contribution >= 0.6 is 11.8 Å². The van der Waals surface area contributed by atoms with E-state index in [1.807, 2.05) is 6.20 Å². The molecule has 2 rings (SSSR count). The molecule has 0 aromatic carbocycles. The van der Waals surface area contributed by atoms with Crippen molar-refractivity contribution in [3.05, 3.63) is 12.4 Å². The van der Waals surface area contributed by atoms with Crippen LogP contribution in [0, 0.1) is 0 Å². The van der Waals surface area contributed by atoms with Crippen molar-refractivity contribution < 1.29 is 5.11 Å². The van der Waals surface area contributed by atoms with Crippen molar-refractivity contribution in [2.75, 3.05) is 0 Å². The van der Waals surface area contributed by atoms with Gasteiger partial charge in [-0.15, -0.1) is 0 Å². The first kappa shape index (κ1) is 9.09. The van der Waals surface area contributed by atoms with Gasteiger partial charge in [-0.1, -0.05) is 24.6 Å². The first-order valence-electron chi connectivity index (χ1n) is 4.70. The van der Waals surface area contributed by atoms with E-state index in [2.05, 4.69) is 9.97 Å². The highest BCUT2D eigenvalue weighted by molar-refractivity contribution is 7.99. The largest absolute Gasteiger partial charge is 0.392 e. The molecule has 1 saturated carbocycles. The molecule has 0 aliphatic heterocycles. The van der Waals surface area contributed by atoms with Gasteiger partial charge in [-0.2, -0.15) is 0 Å². The lowest BCUT2D eigenvalue weighted by Crippen LogP contribution is -2.26. The zero-order valence-corrected chi connectivity index (χ0v) is 8.26. The minimum absolute atomic E-state index is 0.149. The lowest BCUT2D eigenvalue weighted by Gasteiger charge is -2.25. The third-order valence-electron chi connectivity index (χ3n) is 2.40. The van der Waals surface area contributed by atoms with Gasteiger partial charge in [0.25, 0.3) is 0 Å². The summed E-state index contributed by atoms with van der Waals surface area (Å²) in [5, 5.41) is 11.0. The van der Waals surface area contributed by atoms with Crippen LogP contribution in [0.4, 0.5) is 0 Å². The molecule has 1 heterocycles. The first-order chi connectivity index (χ1) is 6.36. The van der Waals surface area contributed by atoms with Crippen LogP contribution in [0.25, 0.3) is 0 Å². The van der Waals surface area contributed by atoms with E-state index in [0.717, 1.165) is 24.4 Å². The maximum Gasteiger partial charge on any atom is 0.165 e. The summed E-state index contributed by atoms with van der Waals surface area (Å²) in [6.07, 6.45) is 7.86. The zero-order valence-electron chi connectivity index (χ0n) is 7.44. The van der Waals surface area contributed by atoms with Crippen LogP contribution < -0.4 is 0 Å². The number of hydrogen-bond donors (Lipinski definition) is 2. The number of rotatable bonds is 2. The molecule has 2 N–H and O–H groups in total. The molecule has 1 aliphatic carbocycles. The van der Waals surface area contributed by atoms with Crippen molar-refractivity contribution in [1.29, 1.82) is 0 Å². The second-order valence-corrected chi connectivity index (χ2v) is 4.63. The van der Waals surface area contributed by atoms with E-state index in [1.54, 1.807) is 18.0 Å². The molecule has 0 amide bonds. The Kier molecular flexibility index (Phi) is 2.90. The van der Waals surface area contributed by atoms with Crippen LogP contribution in [0.15, 0.2) is 17.6 Å². The summed E-state index contributed by atoms with van der Waals surface area (Å²) in [7, 11) is 0. The van der Waals surface area contributed by atoms with E-state index in [4.69, 9.17) is 0 Å². The third-order valence-corrected chi connectivity index (χ3v) is 3.70. The molecule has 0 saturated heterocycles. The predicted molar refractivity (Wildman–Crippen MR) is 52.7 cm³/mol. The molecule has 2 atom stereocenters. The molecule has 0 bridgehead atoms. The molecule has 2 unspecified atom stereocenters. The highest BCUT2D eigenvalue weighted by Crippen LogP contribution is 2.31. The van der Waals surface area contributed by atoms with Crippen molar-refractivity contribution in [2.24, 2.45) is 0 Å². The Labute approximate surface area is 82.0 Å². The topological polar surface area (TPSA) is 48.9 Å². The Hall–Kier alpha value is -0.480. The van der Waals surface area contributed by atoms with E-state index in [-0.39, 0.29) is 6.10 Å². The Morgan fingerprint density at radius 3 is 3.00 bits per heavy atom. The van der Waals surface area contributed by atoms with Gasteiger partial charge in [-0.3, -0.25) is 0 Å². The first-order valence-corrected chi connectivity index (χ1v) is 5.58. The number of thioether (sulfide) groups is 1. The van der Waals surface area contributed by atoms with E-state index in [1.165, 1.54) is 6.42 Å². The number of nitrogens with one attached hydrogen (secondary N) is 1. The third kappa shape index (κ3) is 2.25. The smallest absolute Gasteiger partial charge is 0.165 e. The number of aliphatic hydroxyl groups is 1. The number of hydrogen-bond acceptors (Lipinski definition) is 3. The maximum atomic E-state index is 9.71. The molecule has 13 heavy (non-hydrogen) atoms. The summed E-state index contributed by atoms with van der Waals surface area (Å²) in [6, 6.07) is 0. The van der Waals surface area contributed by atoms with Crippen LogP contribution in [0.1, 0.15) is 25.7 Å². The number of H-pyrrole nitrogens is 1. The molecule has 1 fully saturated rings. The van der Waals surface area contributed by atoms with Gasteiger partial charge in [0.2, 0.25) is 0 Å². The van der Waals surface area contributed by atoms with Gasteiger partial charge >= 0.3 is 0 Å². The molecular weight excluding hydrogens is 184 g/mol. The van der Waals surface area contributed by atoms with E-state index >= 15 is 0 Å². The molecular formula is C9H14N2OS. The summed E-state index contributed by atoms with van der Waals surface area (Å²) in [5.74, 6) is 0. The van der Waals surface area contributed by atoms with Gasteiger partial charge in [-0.05, 0) is 12.8 Å². The average Bonchev–Trinajstić information content (AvgIpc) is 2.61. The summed E-state index contributed by atoms with van der Waals surface area (Å²) < 4.78 is 0. The number of nitrogens with zero attached hydrogens (tertiary/aromatic N) is 1. The molecule has 0 spiro atoms. The summed E-state index contributed by atoms with van der Waals surface area (Å²) in [6.45, 7) is 0. The fourth-order valence-electron chi connectivity index (χ4n) is 1.67. The summed E-state index contributed by atoms with van der Waals surface area (Å²) >= 11 is 1.66. The van der Waals surface area contributed by atoms with Gasteiger partial charge in [0.05, 0.1) is 6.10 Å². The van der Waals surface area contributed by atoms with Gasteiger partial charge in [0.1, 0.15) is 0 Å². The van der Waals surface area contributed by atoms with E-state index in [0.29, 0.717) is 5.25 Å². The highest BCUT2D eigenvalue weighted by atomic mass is 32.2. The predicted octanol–water partition coefficient (Wildman–Crippen LogP) is 1.81. The maximum absolute atomic E-state index is 9.71. The standard InChI is InChI=1S/C9H14N2OS/c12-7-3-1-2-4-8(7)13-9-10-5-6-11-9/h5-8,12H,1-4H2,(H,10,11). The SMILES string of the molecule is OC1CCCCC1Sc1ncc[nH]1. The van der Waals surface area contributed by atoms with E-state index < -0.39 is 0 Å². The molecule has 3 nitrogen and oxygen atoms in total. The molecule has 1 aliphatic rings. The normalized spacial score (nSPS) is 29.0. The second-order valence-electron chi connectivity index (χ2n) is 3.40. The average molecular weight is 198 g/mol. The Morgan fingerprint density at radius 1 is 1.46 bits per heavy atom. The number of aliphatic hydroxyl groups excluding tert-OH is 1. The van der Waals surface area contributed by atoms with Crippen molar-refractivity contribution in [3.8, 4) is 0 Å². The van der Waals surface area contributed by atoms with Crippen molar-refractivity contribution in [3.63, 3.8) is 0 Å². The minimum Gasteiger partial charge on any atom is -0.392 e.